The number of aryl methyl sites for hydroxylation is 1. The lowest BCUT2D eigenvalue weighted by Gasteiger charge is -2.25. The number of piperidine rings is 1. The van der Waals surface area contributed by atoms with E-state index in [1.165, 1.54) is 0 Å². The van der Waals surface area contributed by atoms with Gasteiger partial charge in [-0.15, -0.1) is 0 Å². The summed E-state index contributed by atoms with van der Waals surface area (Å²) in [6, 6.07) is 6.67. The van der Waals surface area contributed by atoms with Gasteiger partial charge in [-0.25, -0.2) is 8.42 Å². The first-order valence-corrected chi connectivity index (χ1v) is 10.6. The normalized spacial score (nSPS) is 15.6. The molecule has 1 aromatic carbocycles. The van der Waals surface area contributed by atoms with Crippen LogP contribution in [-0.4, -0.2) is 53.4 Å². The predicted molar refractivity (Wildman–Crippen MR) is 102 cm³/mol. The molecular formula is C19H26N4O3S. The number of hydrogen-bond donors (Lipinski definition) is 0. The number of rotatable bonds is 6. The van der Waals surface area contributed by atoms with E-state index in [0.29, 0.717) is 24.5 Å². The zero-order valence-electron chi connectivity index (χ0n) is 15.8. The molecule has 0 spiro atoms. The number of aromatic nitrogens is 2. The van der Waals surface area contributed by atoms with Crippen molar-refractivity contribution in [1.29, 1.82) is 0 Å². The van der Waals surface area contributed by atoms with Crippen LogP contribution in [0.5, 0.6) is 0 Å². The van der Waals surface area contributed by atoms with Gasteiger partial charge in [0.1, 0.15) is 0 Å². The molecule has 0 bridgehead atoms. The number of carbonyl (C=O) groups is 1. The maximum atomic E-state index is 12.7. The van der Waals surface area contributed by atoms with Crippen LogP contribution in [0.1, 0.15) is 30.4 Å². The summed E-state index contributed by atoms with van der Waals surface area (Å²) in [4.78, 5) is 14.4. The van der Waals surface area contributed by atoms with E-state index in [1.807, 2.05) is 13.2 Å². The number of hydrogen-bond acceptors (Lipinski definition) is 4. The van der Waals surface area contributed by atoms with Crippen molar-refractivity contribution >= 4 is 15.9 Å². The summed E-state index contributed by atoms with van der Waals surface area (Å²) in [5, 5.41) is 4.10. The van der Waals surface area contributed by atoms with Gasteiger partial charge < -0.3 is 4.90 Å². The molecule has 2 heterocycles. The first kappa shape index (κ1) is 19.6. The average molecular weight is 391 g/mol. The van der Waals surface area contributed by atoms with Crippen molar-refractivity contribution in [3.8, 4) is 0 Å². The van der Waals surface area contributed by atoms with Gasteiger partial charge in [0, 0.05) is 45.5 Å². The molecule has 146 valence electrons. The second-order valence-electron chi connectivity index (χ2n) is 7.06. The molecule has 1 amide bonds. The van der Waals surface area contributed by atoms with E-state index in [-0.39, 0.29) is 12.3 Å². The Hall–Kier alpha value is -2.19. The lowest BCUT2D eigenvalue weighted by Crippen LogP contribution is -2.35. The van der Waals surface area contributed by atoms with E-state index in [2.05, 4.69) is 5.10 Å². The number of carbonyl (C=O) groups excluding carboxylic acids is 1. The SMILES string of the molecule is CN(Cc1cnn(C)c1)C(=O)Cc1ccc(S(=O)(=O)N2CCCCC2)cc1. The van der Waals surface area contributed by atoms with Crippen LogP contribution in [0.25, 0.3) is 0 Å². The molecule has 8 heteroatoms. The molecule has 0 saturated carbocycles. The van der Waals surface area contributed by atoms with E-state index >= 15 is 0 Å². The summed E-state index contributed by atoms with van der Waals surface area (Å²) in [6.45, 7) is 1.66. The molecular weight excluding hydrogens is 364 g/mol. The van der Waals surface area contributed by atoms with Crippen LogP contribution in [0.15, 0.2) is 41.6 Å². The van der Waals surface area contributed by atoms with Gasteiger partial charge >= 0.3 is 0 Å². The Bertz CT molecular complexity index is 884. The third-order valence-electron chi connectivity index (χ3n) is 4.84. The minimum Gasteiger partial charge on any atom is -0.341 e. The largest absolute Gasteiger partial charge is 0.341 e. The second kappa shape index (κ2) is 8.22. The van der Waals surface area contributed by atoms with Crippen LogP contribution in [0, 0.1) is 0 Å². The highest BCUT2D eigenvalue weighted by Crippen LogP contribution is 2.21. The topological polar surface area (TPSA) is 75.5 Å². The van der Waals surface area contributed by atoms with Crippen molar-refractivity contribution < 1.29 is 13.2 Å². The van der Waals surface area contributed by atoms with Crippen LogP contribution in [0.2, 0.25) is 0 Å². The molecule has 1 aliphatic heterocycles. The first-order valence-electron chi connectivity index (χ1n) is 9.17. The standard InChI is InChI=1S/C19H26N4O3S/c1-21(14-17-13-20-22(2)15-17)19(24)12-16-6-8-18(9-7-16)27(25,26)23-10-4-3-5-11-23/h6-9,13,15H,3-5,10-12,14H2,1-2H3. The van der Waals surface area contributed by atoms with E-state index in [0.717, 1.165) is 30.4 Å². The van der Waals surface area contributed by atoms with Crippen LogP contribution in [0.4, 0.5) is 0 Å². The summed E-state index contributed by atoms with van der Waals surface area (Å²) < 4.78 is 28.6. The van der Waals surface area contributed by atoms with Crippen molar-refractivity contribution in [2.75, 3.05) is 20.1 Å². The van der Waals surface area contributed by atoms with Gasteiger partial charge in [0.2, 0.25) is 15.9 Å². The highest BCUT2D eigenvalue weighted by Gasteiger charge is 2.25. The van der Waals surface area contributed by atoms with Crippen LogP contribution in [-0.2, 0) is 34.8 Å². The van der Waals surface area contributed by atoms with Gasteiger partial charge in [-0.3, -0.25) is 9.48 Å². The molecule has 3 rings (SSSR count). The number of amides is 1. The lowest BCUT2D eigenvalue weighted by atomic mass is 10.1. The number of sulfonamides is 1. The highest BCUT2D eigenvalue weighted by atomic mass is 32.2. The Morgan fingerprint density at radius 2 is 1.78 bits per heavy atom. The maximum absolute atomic E-state index is 12.7. The zero-order chi connectivity index (χ0) is 19.4. The Labute approximate surface area is 160 Å². The average Bonchev–Trinajstić information content (AvgIpc) is 3.07. The summed E-state index contributed by atoms with van der Waals surface area (Å²) in [5.74, 6) is -0.0227. The maximum Gasteiger partial charge on any atom is 0.243 e. The third-order valence-corrected chi connectivity index (χ3v) is 6.75. The van der Waals surface area contributed by atoms with Crippen molar-refractivity contribution in [3.05, 3.63) is 47.8 Å². The number of likely N-dealkylation sites (N-methyl/N-ethyl adjacent to an activating group) is 1. The fraction of sp³-hybridized carbons (Fsp3) is 0.474. The molecule has 1 fully saturated rings. The Balaban J connectivity index is 1.62. The molecule has 1 aromatic heterocycles. The molecule has 27 heavy (non-hydrogen) atoms. The number of benzene rings is 1. The molecule has 1 aliphatic rings. The van der Waals surface area contributed by atoms with E-state index in [1.54, 1.807) is 51.4 Å². The molecule has 0 aliphatic carbocycles. The lowest BCUT2D eigenvalue weighted by molar-refractivity contribution is -0.129. The molecule has 0 N–H and O–H groups in total. The second-order valence-corrected chi connectivity index (χ2v) is 9.00. The zero-order valence-corrected chi connectivity index (χ0v) is 16.7. The minimum atomic E-state index is -3.43. The molecule has 0 unspecified atom stereocenters. The van der Waals surface area contributed by atoms with Gasteiger partial charge in [-0.05, 0) is 30.5 Å². The minimum absolute atomic E-state index is 0.0227. The predicted octanol–water partition coefficient (Wildman–Crippen LogP) is 1.80. The fourth-order valence-electron chi connectivity index (χ4n) is 3.26. The third kappa shape index (κ3) is 4.75. The molecule has 2 aromatic rings. The summed E-state index contributed by atoms with van der Waals surface area (Å²) in [5.41, 5.74) is 1.77. The van der Waals surface area contributed by atoms with Crippen LogP contribution >= 0.6 is 0 Å². The Kier molecular flexibility index (Phi) is 5.96. The van der Waals surface area contributed by atoms with Gasteiger partial charge in [-0.2, -0.15) is 9.40 Å². The summed E-state index contributed by atoms with van der Waals surface area (Å²) >= 11 is 0. The van der Waals surface area contributed by atoms with Gasteiger partial charge in [0.25, 0.3) is 0 Å². The monoisotopic (exact) mass is 390 g/mol. The summed E-state index contributed by atoms with van der Waals surface area (Å²) in [6.07, 6.45) is 6.76. The smallest absolute Gasteiger partial charge is 0.243 e. The van der Waals surface area contributed by atoms with E-state index < -0.39 is 10.0 Å². The van der Waals surface area contributed by atoms with Gasteiger partial charge in [0.05, 0.1) is 17.5 Å². The highest BCUT2D eigenvalue weighted by molar-refractivity contribution is 7.89. The molecule has 0 radical (unpaired) electrons. The molecule has 7 nitrogen and oxygen atoms in total. The molecule has 1 saturated heterocycles. The van der Waals surface area contributed by atoms with Crippen LogP contribution in [0.3, 0.4) is 0 Å². The van der Waals surface area contributed by atoms with Gasteiger partial charge in [-0.1, -0.05) is 18.6 Å². The Morgan fingerprint density at radius 1 is 1.11 bits per heavy atom. The van der Waals surface area contributed by atoms with Crippen molar-refractivity contribution in [1.82, 2.24) is 19.0 Å². The van der Waals surface area contributed by atoms with Crippen molar-refractivity contribution in [3.63, 3.8) is 0 Å². The molecule has 0 atom stereocenters. The quantitative estimate of drug-likeness (QED) is 0.754. The fourth-order valence-corrected chi connectivity index (χ4v) is 4.78. The van der Waals surface area contributed by atoms with Gasteiger partial charge in [0.15, 0.2) is 0 Å². The summed E-state index contributed by atoms with van der Waals surface area (Å²) in [7, 11) is 0.159. The Morgan fingerprint density at radius 3 is 2.37 bits per heavy atom. The van der Waals surface area contributed by atoms with Crippen molar-refractivity contribution in [2.45, 2.75) is 37.1 Å². The van der Waals surface area contributed by atoms with Crippen LogP contribution < -0.4 is 0 Å². The van der Waals surface area contributed by atoms with E-state index in [4.69, 9.17) is 0 Å². The van der Waals surface area contributed by atoms with Crippen molar-refractivity contribution in [2.24, 2.45) is 7.05 Å². The first-order chi connectivity index (χ1) is 12.9. The van der Waals surface area contributed by atoms with E-state index in [9.17, 15) is 13.2 Å². The number of nitrogens with zero attached hydrogens (tertiary/aromatic N) is 4.